The fourth-order valence-electron chi connectivity index (χ4n) is 1.79. The quantitative estimate of drug-likeness (QED) is 0.511. The molecule has 0 radical (unpaired) electrons. The molecule has 100 valence electrons. The van der Waals surface area contributed by atoms with Crippen LogP contribution in [-0.2, 0) is 6.61 Å². The molecule has 0 bridgehead atoms. The van der Waals surface area contributed by atoms with Crippen molar-refractivity contribution in [2.75, 3.05) is 0 Å². The fraction of sp³-hybridized carbons (Fsp3) is 0.200. The van der Waals surface area contributed by atoms with Gasteiger partial charge in [0.05, 0.1) is 3.74 Å². The number of rotatable bonds is 4. The molecule has 1 nitrogen and oxygen atoms in total. The summed E-state index contributed by atoms with van der Waals surface area (Å²) in [5.74, 6) is 0.925. The number of aryl methyl sites for hydroxylation is 1. The van der Waals surface area contributed by atoms with Crippen molar-refractivity contribution in [1.82, 2.24) is 0 Å². The molecule has 2 aromatic rings. The summed E-state index contributed by atoms with van der Waals surface area (Å²) in [4.78, 5) is 0. The van der Waals surface area contributed by atoms with Gasteiger partial charge in [-0.25, -0.2) is 0 Å². The van der Waals surface area contributed by atoms with Gasteiger partial charge in [-0.05, 0) is 41.8 Å². The molecule has 0 N–H and O–H groups in total. The van der Waals surface area contributed by atoms with Crippen molar-refractivity contribution in [3.05, 3.63) is 63.6 Å². The zero-order valence-corrected chi connectivity index (χ0v) is 15.1. The molecule has 4 heteroatoms. The van der Waals surface area contributed by atoms with Crippen molar-refractivity contribution in [1.29, 1.82) is 0 Å². The lowest BCUT2D eigenvalue weighted by atomic mass is 10.1. The highest BCUT2D eigenvalue weighted by atomic mass is 79.9. The van der Waals surface area contributed by atoms with Crippen molar-refractivity contribution < 1.29 is 4.74 Å². The Morgan fingerprint density at radius 3 is 2.53 bits per heavy atom. The van der Waals surface area contributed by atoms with E-state index in [2.05, 4.69) is 72.9 Å². The van der Waals surface area contributed by atoms with E-state index in [1.165, 1.54) is 5.56 Å². The van der Waals surface area contributed by atoms with Gasteiger partial charge in [-0.1, -0.05) is 72.1 Å². The van der Waals surface area contributed by atoms with Crippen LogP contribution in [0.2, 0.25) is 0 Å². The molecule has 0 fully saturated rings. The third kappa shape index (κ3) is 4.07. The van der Waals surface area contributed by atoms with E-state index in [1.807, 2.05) is 24.3 Å². The summed E-state index contributed by atoms with van der Waals surface area (Å²) in [6, 6.07) is 14.2. The van der Waals surface area contributed by atoms with E-state index in [0.717, 1.165) is 21.3 Å². The van der Waals surface area contributed by atoms with E-state index < -0.39 is 0 Å². The van der Waals surface area contributed by atoms with E-state index in [4.69, 9.17) is 4.74 Å². The average Bonchev–Trinajstić information content (AvgIpc) is 2.37. The second kappa shape index (κ2) is 6.91. The molecular formula is C15H13Br3O. The summed E-state index contributed by atoms with van der Waals surface area (Å²) in [5, 5.41) is 0. The Morgan fingerprint density at radius 2 is 1.84 bits per heavy atom. The Kier molecular flexibility index (Phi) is 5.48. The second-order valence-electron chi connectivity index (χ2n) is 4.20. The number of para-hydroxylation sites is 1. The van der Waals surface area contributed by atoms with Crippen LogP contribution in [0.4, 0.5) is 0 Å². The first-order valence-electron chi connectivity index (χ1n) is 5.83. The lowest BCUT2D eigenvalue weighted by Gasteiger charge is -2.13. The first-order valence-corrected chi connectivity index (χ1v) is 8.45. The molecule has 0 aliphatic heterocycles. The summed E-state index contributed by atoms with van der Waals surface area (Å²) in [6.07, 6.45) is 0. The van der Waals surface area contributed by atoms with Crippen molar-refractivity contribution in [2.45, 2.75) is 17.3 Å². The maximum atomic E-state index is 5.91. The molecular weight excluding hydrogens is 436 g/mol. The van der Waals surface area contributed by atoms with Gasteiger partial charge in [0, 0.05) is 4.47 Å². The minimum atomic E-state index is 0.128. The van der Waals surface area contributed by atoms with E-state index in [-0.39, 0.29) is 3.74 Å². The number of alkyl halides is 2. The highest BCUT2D eigenvalue weighted by Gasteiger charge is 2.10. The highest BCUT2D eigenvalue weighted by molar-refractivity contribution is 9.24. The second-order valence-corrected chi connectivity index (χ2v) is 8.17. The molecule has 0 amide bonds. The smallest absolute Gasteiger partial charge is 0.122 e. The van der Waals surface area contributed by atoms with Gasteiger partial charge in [0.15, 0.2) is 0 Å². The molecule has 0 aliphatic carbocycles. The number of ether oxygens (including phenoxy) is 1. The maximum Gasteiger partial charge on any atom is 0.122 e. The average molecular weight is 449 g/mol. The van der Waals surface area contributed by atoms with Crippen LogP contribution in [0.3, 0.4) is 0 Å². The predicted molar refractivity (Wildman–Crippen MR) is 90.2 cm³/mol. The summed E-state index contributed by atoms with van der Waals surface area (Å²) in [5.41, 5.74) is 3.47. The summed E-state index contributed by atoms with van der Waals surface area (Å²) in [7, 11) is 0. The highest BCUT2D eigenvalue weighted by Crippen LogP contribution is 2.33. The predicted octanol–water partition coefficient (Wildman–Crippen LogP) is 6.12. The molecule has 0 heterocycles. The van der Waals surface area contributed by atoms with Crippen LogP contribution in [0.1, 0.15) is 20.4 Å². The van der Waals surface area contributed by atoms with Gasteiger partial charge in [0.2, 0.25) is 0 Å². The number of hydrogen-bond acceptors (Lipinski definition) is 1. The number of halogens is 3. The maximum absolute atomic E-state index is 5.91. The Balaban J connectivity index is 2.19. The first kappa shape index (κ1) is 15.1. The summed E-state index contributed by atoms with van der Waals surface area (Å²) >= 11 is 10.6. The Hall–Kier alpha value is -0.320. The molecule has 0 aliphatic rings. The van der Waals surface area contributed by atoms with Gasteiger partial charge < -0.3 is 4.74 Å². The van der Waals surface area contributed by atoms with Gasteiger partial charge in [-0.15, -0.1) is 0 Å². The third-order valence-corrected chi connectivity index (χ3v) is 4.30. The van der Waals surface area contributed by atoms with Crippen molar-refractivity contribution in [3.8, 4) is 5.75 Å². The Bertz CT molecular complexity index is 567. The molecule has 0 spiro atoms. The van der Waals surface area contributed by atoms with Gasteiger partial charge in [0.1, 0.15) is 12.4 Å². The minimum Gasteiger partial charge on any atom is -0.489 e. The van der Waals surface area contributed by atoms with E-state index >= 15 is 0 Å². The standard InChI is InChI=1S/C15H13Br3O/c1-10-4-2-3-5-14(10)19-9-11-8-12(16)6-7-13(11)15(17)18/h2-8,15H,9H2,1H3. The van der Waals surface area contributed by atoms with E-state index in [0.29, 0.717) is 6.61 Å². The van der Waals surface area contributed by atoms with Crippen LogP contribution in [0.5, 0.6) is 5.75 Å². The van der Waals surface area contributed by atoms with Gasteiger partial charge >= 0.3 is 0 Å². The number of hydrogen-bond donors (Lipinski definition) is 0. The normalized spacial score (nSPS) is 10.8. The van der Waals surface area contributed by atoms with Gasteiger partial charge in [-0.3, -0.25) is 0 Å². The van der Waals surface area contributed by atoms with E-state index in [9.17, 15) is 0 Å². The van der Waals surface area contributed by atoms with Crippen LogP contribution in [0.15, 0.2) is 46.9 Å². The number of benzene rings is 2. The largest absolute Gasteiger partial charge is 0.489 e. The zero-order chi connectivity index (χ0) is 13.8. The lowest BCUT2D eigenvalue weighted by molar-refractivity contribution is 0.303. The summed E-state index contributed by atoms with van der Waals surface area (Å²) < 4.78 is 7.09. The van der Waals surface area contributed by atoms with Crippen molar-refractivity contribution in [3.63, 3.8) is 0 Å². The van der Waals surface area contributed by atoms with Crippen molar-refractivity contribution >= 4 is 47.8 Å². The van der Waals surface area contributed by atoms with Crippen LogP contribution in [0.25, 0.3) is 0 Å². The van der Waals surface area contributed by atoms with Crippen LogP contribution >= 0.6 is 47.8 Å². The fourth-order valence-corrected chi connectivity index (χ4v) is 3.09. The molecule has 19 heavy (non-hydrogen) atoms. The van der Waals surface area contributed by atoms with Crippen LogP contribution in [0, 0.1) is 6.92 Å². The van der Waals surface area contributed by atoms with Crippen LogP contribution < -0.4 is 4.74 Å². The Labute approximate surface area is 138 Å². The molecule has 0 saturated heterocycles. The zero-order valence-electron chi connectivity index (χ0n) is 10.4. The molecule has 2 rings (SSSR count). The summed E-state index contributed by atoms with van der Waals surface area (Å²) in [6.45, 7) is 2.60. The lowest BCUT2D eigenvalue weighted by Crippen LogP contribution is -2.01. The van der Waals surface area contributed by atoms with Gasteiger partial charge in [-0.2, -0.15) is 0 Å². The third-order valence-electron chi connectivity index (χ3n) is 2.82. The van der Waals surface area contributed by atoms with Gasteiger partial charge in [0.25, 0.3) is 0 Å². The molecule has 0 atom stereocenters. The van der Waals surface area contributed by atoms with Crippen molar-refractivity contribution in [2.24, 2.45) is 0 Å². The molecule has 0 aromatic heterocycles. The topological polar surface area (TPSA) is 9.23 Å². The molecule has 0 unspecified atom stereocenters. The molecule has 0 saturated carbocycles. The SMILES string of the molecule is Cc1ccccc1OCc1cc(Br)ccc1C(Br)Br. The molecule has 2 aromatic carbocycles. The van der Waals surface area contributed by atoms with Crippen LogP contribution in [-0.4, -0.2) is 0 Å². The monoisotopic (exact) mass is 446 g/mol. The Morgan fingerprint density at radius 1 is 1.11 bits per heavy atom. The first-order chi connectivity index (χ1) is 9.08. The minimum absolute atomic E-state index is 0.128. The van der Waals surface area contributed by atoms with E-state index in [1.54, 1.807) is 0 Å².